The van der Waals surface area contributed by atoms with Gasteiger partial charge in [0.1, 0.15) is 29.1 Å². The predicted molar refractivity (Wildman–Crippen MR) is 139 cm³/mol. The van der Waals surface area contributed by atoms with Gasteiger partial charge in [0.2, 0.25) is 11.8 Å². The van der Waals surface area contributed by atoms with E-state index in [9.17, 15) is 27.2 Å². The summed E-state index contributed by atoms with van der Waals surface area (Å²) in [7, 11) is 2.78. The van der Waals surface area contributed by atoms with Crippen LogP contribution in [-0.4, -0.2) is 66.1 Å². The zero-order valence-corrected chi connectivity index (χ0v) is 22.3. The van der Waals surface area contributed by atoms with Crippen molar-refractivity contribution in [1.29, 1.82) is 0 Å². The van der Waals surface area contributed by atoms with Gasteiger partial charge in [-0.1, -0.05) is 12.1 Å². The number of alkyl halides is 4. The predicted octanol–water partition coefficient (Wildman–Crippen LogP) is 4.19. The minimum atomic E-state index is -4.90. The van der Waals surface area contributed by atoms with Crippen LogP contribution in [0.25, 0.3) is 0 Å². The number of halogens is 5. The van der Waals surface area contributed by atoms with Gasteiger partial charge in [-0.2, -0.15) is 18.2 Å². The van der Waals surface area contributed by atoms with E-state index in [1.54, 1.807) is 19.2 Å². The number of carbonyl (C=O) groups excluding carboxylic acids is 2. The van der Waals surface area contributed by atoms with Crippen LogP contribution in [0.15, 0.2) is 36.5 Å². The number of ether oxygens (including phenoxy) is 2. The summed E-state index contributed by atoms with van der Waals surface area (Å²) in [5, 5.41) is 7.91. The molecule has 5 rings (SSSR count). The Balaban J connectivity index is 1.44. The molecule has 0 aliphatic carbocycles. The Morgan fingerprint density at radius 2 is 2.00 bits per heavy atom. The second kappa shape index (κ2) is 11.4. The minimum absolute atomic E-state index is 0.0541. The molecule has 15 heteroatoms. The largest absolute Gasteiger partial charge is 0.495 e. The van der Waals surface area contributed by atoms with Crippen LogP contribution in [0, 0.1) is 5.82 Å². The third kappa shape index (κ3) is 5.77. The summed E-state index contributed by atoms with van der Waals surface area (Å²) in [4.78, 5) is 34.2. The monoisotopic (exact) mass is 592 g/mol. The van der Waals surface area contributed by atoms with Crippen LogP contribution in [0.1, 0.15) is 38.3 Å². The van der Waals surface area contributed by atoms with Crippen LogP contribution >= 0.6 is 0 Å². The van der Waals surface area contributed by atoms with Gasteiger partial charge < -0.3 is 30.3 Å². The number of anilines is 2. The maximum absolute atomic E-state index is 15.0. The van der Waals surface area contributed by atoms with Gasteiger partial charge in [0.15, 0.2) is 0 Å². The molecule has 0 spiro atoms. The topological polar surface area (TPSA) is 118 Å². The lowest BCUT2D eigenvalue weighted by Crippen LogP contribution is -2.51. The van der Waals surface area contributed by atoms with Crippen LogP contribution in [0.3, 0.4) is 0 Å². The van der Waals surface area contributed by atoms with Crippen molar-refractivity contribution in [3.05, 3.63) is 64.6 Å². The van der Waals surface area contributed by atoms with Crippen LogP contribution in [0.4, 0.5) is 33.6 Å². The zero-order chi connectivity index (χ0) is 30.2. The Morgan fingerprint density at radius 3 is 2.71 bits per heavy atom. The number of benzene rings is 2. The highest BCUT2D eigenvalue weighted by atomic mass is 19.4. The van der Waals surface area contributed by atoms with E-state index in [-0.39, 0.29) is 35.8 Å². The fraction of sp³-hybridized carbons (Fsp3) is 0.333. The standard InChI is InChI=1S/C27H25F5N6O4/c1-38-12-13-4-3-5-20(22(13)25(38)40)42-24-15(27(30,31)32)10-34-26(37-24)36-19-9-16(28)14(8-21(19)41-2)23(39)35-18-6-7-33-11-17(18)29/h3-5,8-10,17-18,33H,6-7,11-12H2,1-2H3,(H,35,39)(H,34,36,37)/t17-,18+/m1/s1. The number of hydrogen-bond donors (Lipinski definition) is 3. The Morgan fingerprint density at radius 1 is 1.21 bits per heavy atom. The van der Waals surface area contributed by atoms with E-state index in [1.807, 2.05) is 0 Å². The van der Waals surface area contributed by atoms with E-state index in [2.05, 4.69) is 25.9 Å². The van der Waals surface area contributed by atoms with Crippen molar-refractivity contribution in [2.75, 3.05) is 32.6 Å². The van der Waals surface area contributed by atoms with Gasteiger partial charge >= 0.3 is 6.18 Å². The lowest BCUT2D eigenvalue weighted by atomic mass is 10.0. The number of nitrogens with one attached hydrogen (secondary N) is 3. The van der Waals surface area contributed by atoms with Gasteiger partial charge in [-0.25, -0.2) is 13.8 Å². The number of carbonyl (C=O) groups is 2. The summed E-state index contributed by atoms with van der Waals surface area (Å²) < 4.78 is 81.4. The molecule has 3 N–H and O–H groups in total. The first-order valence-electron chi connectivity index (χ1n) is 12.8. The van der Waals surface area contributed by atoms with E-state index in [0.29, 0.717) is 24.7 Å². The summed E-state index contributed by atoms with van der Waals surface area (Å²) in [6.45, 7) is 0.803. The molecule has 2 aliphatic rings. The number of aromatic nitrogens is 2. The van der Waals surface area contributed by atoms with Crippen LogP contribution in [-0.2, 0) is 12.7 Å². The van der Waals surface area contributed by atoms with Crippen LogP contribution < -0.4 is 25.4 Å². The Kier molecular flexibility index (Phi) is 7.86. The van der Waals surface area contributed by atoms with Crippen molar-refractivity contribution >= 4 is 23.5 Å². The first-order valence-corrected chi connectivity index (χ1v) is 12.8. The summed E-state index contributed by atoms with van der Waals surface area (Å²) in [5.41, 5.74) is -1.15. The second-order valence-electron chi connectivity index (χ2n) is 9.71. The molecule has 1 aromatic heterocycles. The fourth-order valence-electron chi connectivity index (χ4n) is 4.70. The van der Waals surface area contributed by atoms with Gasteiger partial charge in [0, 0.05) is 32.4 Å². The molecule has 0 radical (unpaired) electrons. The molecule has 2 atom stereocenters. The SMILES string of the molecule is COc1cc(C(=O)N[C@H]2CCNC[C@H]2F)c(F)cc1Nc1ncc(C(F)(F)F)c(Oc2cccc3c2C(=O)N(C)C3)n1. The summed E-state index contributed by atoms with van der Waals surface area (Å²) >= 11 is 0. The van der Waals surface area contributed by atoms with E-state index in [0.717, 1.165) is 12.1 Å². The zero-order valence-electron chi connectivity index (χ0n) is 22.3. The minimum Gasteiger partial charge on any atom is -0.495 e. The molecule has 3 aromatic rings. The Bertz CT molecular complexity index is 1540. The maximum atomic E-state index is 15.0. The fourth-order valence-corrected chi connectivity index (χ4v) is 4.70. The van der Waals surface area contributed by atoms with Crippen molar-refractivity contribution in [3.8, 4) is 17.4 Å². The highest BCUT2D eigenvalue weighted by molar-refractivity contribution is 6.01. The average molecular weight is 593 g/mol. The Hall–Kier alpha value is -4.53. The number of hydrogen-bond acceptors (Lipinski definition) is 8. The molecule has 1 fully saturated rings. The van der Waals surface area contributed by atoms with Crippen molar-refractivity contribution in [2.45, 2.75) is 31.4 Å². The van der Waals surface area contributed by atoms with Gasteiger partial charge in [-0.15, -0.1) is 0 Å². The average Bonchev–Trinajstić information content (AvgIpc) is 3.23. The summed E-state index contributed by atoms with van der Waals surface area (Å²) in [5.74, 6) is -3.79. The third-order valence-electron chi connectivity index (χ3n) is 6.85. The van der Waals surface area contributed by atoms with Crippen molar-refractivity contribution in [2.24, 2.45) is 0 Å². The number of amides is 2. The highest BCUT2D eigenvalue weighted by Crippen LogP contribution is 2.40. The van der Waals surface area contributed by atoms with E-state index in [1.165, 1.54) is 18.1 Å². The van der Waals surface area contributed by atoms with E-state index >= 15 is 4.39 Å². The Labute approximate surface area is 236 Å². The van der Waals surface area contributed by atoms with E-state index < -0.39 is 59.0 Å². The van der Waals surface area contributed by atoms with Gasteiger partial charge in [-0.05, 0) is 30.7 Å². The lowest BCUT2D eigenvalue weighted by molar-refractivity contribution is -0.139. The quantitative estimate of drug-likeness (QED) is 0.350. The summed E-state index contributed by atoms with van der Waals surface area (Å²) in [6, 6.07) is 5.69. The molecule has 2 amide bonds. The third-order valence-corrected chi connectivity index (χ3v) is 6.85. The maximum Gasteiger partial charge on any atom is 0.423 e. The highest BCUT2D eigenvalue weighted by Gasteiger charge is 2.38. The first-order chi connectivity index (χ1) is 20.0. The molecule has 1 saturated heterocycles. The molecule has 0 bridgehead atoms. The molecule has 3 heterocycles. The van der Waals surface area contributed by atoms with Crippen LogP contribution in [0.5, 0.6) is 17.4 Å². The molecular weight excluding hydrogens is 567 g/mol. The first kappa shape index (κ1) is 29.0. The van der Waals surface area contributed by atoms with Crippen molar-refractivity contribution in [1.82, 2.24) is 25.5 Å². The van der Waals surface area contributed by atoms with E-state index in [4.69, 9.17) is 9.47 Å². The molecule has 2 aromatic carbocycles. The smallest absolute Gasteiger partial charge is 0.423 e. The van der Waals surface area contributed by atoms with Gasteiger partial charge in [-0.3, -0.25) is 9.59 Å². The normalized spacial score (nSPS) is 18.5. The molecular formula is C27H25F5N6O4. The summed E-state index contributed by atoms with van der Waals surface area (Å²) in [6.07, 6.45) is -5.45. The van der Waals surface area contributed by atoms with Crippen molar-refractivity contribution < 1.29 is 41.0 Å². The van der Waals surface area contributed by atoms with Crippen molar-refractivity contribution in [3.63, 3.8) is 0 Å². The molecule has 0 saturated carbocycles. The molecule has 2 aliphatic heterocycles. The molecule has 42 heavy (non-hydrogen) atoms. The van der Waals surface area contributed by atoms with Crippen LogP contribution in [0.2, 0.25) is 0 Å². The number of rotatable bonds is 7. The number of methoxy groups -OCH3 is 1. The molecule has 0 unspecified atom stereocenters. The number of piperidine rings is 1. The molecule has 222 valence electrons. The lowest BCUT2D eigenvalue weighted by Gasteiger charge is -2.27. The second-order valence-corrected chi connectivity index (χ2v) is 9.71. The number of fused-ring (bicyclic) bond motifs is 1. The number of nitrogens with zero attached hydrogens (tertiary/aromatic N) is 3. The van der Waals surface area contributed by atoms with Gasteiger partial charge in [0.05, 0.1) is 30.0 Å². The molecule has 10 nitrogen and oxygen atoms in total. The van der Waals surface area contributed by atoms with Gasteiger partial charge in [0.25, 0.3) is 11.8 Å².